The Morgan fingerprint density at radius 2 is 1.72 bits per heavy atom. The summed E-state index contributed by atoms with van der Waals surface area (Å²) in [6.45, 7) is 11.2. The summed E-state index contributed by atoms with van der Waals surface area (Å²) in [5.74, 6) is 0.772. The molecule has 0 aromatic rings. The third-order valence-electron chi connectivity index (χ3n) is 5.15. The Morgan fingerprint density at radius 1 is 1.10 bits per heavy atom. The summed E-state index contributed by atoms with van der Waals surface area (Å²) < 4.78 is 61.4. The first-order valence-electron chi connectivity index (χ1n) is 10.5. The average Bonchev–Trinajstić information content (AvgIpc) is 2.68. The van der Waals surface area contributed by atoms with E-state index in [0.717, 1.165) is 39.0 Å². The van der Waals surface area contributed by atoms with Crippen molar-refractivity contribution in [3.8, 4) is 0 Å². The maximum absolute atomic E-state index is 12.6. The average molecular weight is 444 g/mol. The van der Waals surface area contributed by atoms with Crippen LogP contribution in [-0.2, 0) is 10.0 Å². The van der Waals surface area contributed by atoms with Crippen LogP contribution >= 0.6 is 0 Å². The number of unbranched alkanes of at least 4 members (excludes halogenated alkanes) is 1. The predicted molar refractivity (Wildman–Crippen MR) is 110 cm³/mol. The largest absolute Gasteiger partial charge is 0.511 e. The number of rotatable bonds is 11. The Bertz CT molecular complexity index is 587. The van der Waals surface area contributed by atoms with Gasteiger partial charge in [0, 0.05) is 32.7 Å². The highest BCUT2D eigenvalue weighted by Crippen LogP contribution is 2.30. The molecule has 0 amide bonds. The number of nitrogens with zero attached hydrogens (tertiary/aromatic N) is 3. The third-order valence-corrected chi connectivity index (χ3v) is 6.78. The van der Waals surface area contributed by atoms with E-state index < -0.39 is 15.5 Å². The van der Waals surface area contributed by atoms with E-state index in [0.29, 0.717) is 36.2 Å². The Kier molecular flexibility index (Phi) is 11.3. The van der Waals surface area contributed by atoms with E-state index >= 15 is 0 Å². The van der Waals surface area contributed by atoms with Gasteiger partial charge in [-0.3, -0.25) is 4.99 Å². The molecule has 1 heterocycles. The normalized spacial score (nSPS) is 17.7. The van der Waals surface area contributed by atoms with Crippen LogP contribution in [-0.4, -0.2) is 81.4 Å². The lowest BCUT2D eigenvalue weighted by molar-refractivity contribution is -0.0496. The van der Waals surface area contributed by atoms with E-state index in [4.69, 9.17) is 0 Å². The number of hydrogen-bond acceptors (Lipinski definition) is 4. The molecule has 1 rings (SSSR count). The molecule has 1 aliphatic rings. The molecule has 1 aliphatic heterocycles. The number of sulfonamides is 1. The second kappa shape index (κ2) is 12.6. The summed E-state index contributed by atoms with van der Waals surface area (Å²) >= 11 is 0. The number of aliphatic imine (C=N–C) groups is 1. The van der Waals surface area contributed by atoms with E-state index in [1.54, 1.807) is 0 Å². The van der Waals surface area contributed by atoms with Crippen molar-refractivity contribution in [3.63, 3.8) is 0 Å². The molecule has 1 saturated heterocycles. The molecular weight excluding hydrogens is 407 g/mol. The SMILES string of the molecule is CCNC(=NCC1CCN(S(=O)(=O)C(F)(F)F)CC1)NCCCCN(CC)CC. The summed E-state index contributed by atoms with van der Waals surface area (Å²) in [7, 11) is -5.22. The van der Waals surface area contributed by atoms with Crippen LogP contribution in [0, 0.1) is 5.92 Å². The Labute approximate surface area is 173 Å². The molecule has 1 fully saturated rings. The summed E-state index contributed by atoms with van der Waals surface area (Å²) in [5.41, 5.74) is -5.23. The first-order chi connectivity index (χ1) is 13.7. The maximum Gasteiger partial charge on any atom is 0.511 e. The third kappa shape index (κ3) is 8.67. The van der Waals surface area contributed by atoms with Crippen molar-refractivity contribution >= 4 is 16.0 Å². The van der Waals surface area contributed by atoms with Gasteiger partial charge in [0.05, 0.1) is 0 Å². The molecule has 0 unspecified atom stereocenters. The lowest BCUT2D eigenvalue weighted by Crippen LogP contribution is -2.45. The standard InChI is InChI=1S/C18H36F3N5O2S/c1-4-22-17(23-11-7-8-12-25(5-2)6-3)24-15-16-9-13-26(14-10-16)29(27,28)18(19,20)21/h16H,4-15H2,1-3H3,(H2,22,23,24). The van der Waals surface area contributed by atoms with Crippen molar-refractivity contribution in [2.24, 2.45) is 10.9 Å². The summed E-state index contributed by atoms with van der Waals surface area (Å²) in [6, 6.07) is 0. The van der Waals surface area contributed by atoms with Gasteiger partial charge in [0.25, 0.3) is 0 Å². The number of hydrogen-bond donors (Lipinski definition) is 2. The highest BCUT2D eigenvalue weighted by atomic mass is 32.2. The smallest absolute Gasteiger partial charge is 0.357 e. The van der Waals surface area contributed by atoms with Crippen LogP contribution in [0.25, 0.3) is 0 Å². The topological polar surface area (TPSA) is 77.0 Å². The zero-order chi connectivity index (χ0) is 21.9. The van der Waals surface area contributed by atoms with E-state index in [2.05, 4.69) is 34.4 Å². The van der Waals surface area contributed by atoms with Crippen molar-refractivity contribution < 1.29 is 21.6 Å². The molecule has 7 nitrogen and oxygen atoms in total. The van der Waals surface area contributed by atoms with Crippen molar-refractivity contribution in [2.45, 2.75) is 52.0 Å². The van der Waals surface area contributed by atoms with Gasteiger partial charge in [-0.1, -0.05) is 13.8 Å². The fraction of sp³-hybridized carbons (Fsp3) is 0.944. The van der Waals surface area contributed by atoms with Gasteiger partial charge in [-0.15, -0.1) is 0 Å². The molecule has 0 saturated carbocycles. The lowest BCUT2D eigenvalue weighted by atomic mass is 9.98. The summed E-state index contributed by atoms with van der Waals surface area (Å²) in [6.07, 6.45) is 2.87. The molecular formula is C18H36F3N5O2S. The van der Waals surface area contributed by atoms with E-state index in [-0.39, 0.29) is 19.0 Å². The van der Waals surface area contributed by atoms with Crippen molar-refractivity contribution in [2.75, 3.05) is 52.4 Å². The molecule has 0 bridgehead atoms. The van der Waals surface area contributed by atoms with Gasteiger partial charge in [0.15, 0.2) is 5.96 Å². The van der Waals surface area contributed by atoms with Gasteiger partial charge in [-0.25, -0.2) is 8.42 Å². The fourth-order valence-corrected chi connectivity index (χ4v) is 4.23. The van der Waals surface area contributed by atoms with Crippen molar-refractivity contribution in [1.82, 2.24) is 19.8 Å². The molecule has 0 aromatic heterocycles. The lowest BCUT2D eigenvalue weighted by Gasteiger charge is -2.30. The van der Waals surface area contributed by atoms with Gasteiger partial charge in [-0.2, -0.15) is 17.5 Å². The number of alkyl halides is 3. The van der Waals surface area contributed by atoms with E-state index in [9.17, 15) is 21.6 Å². The highest BCUT2D eigenvalue weighted by Gasteiger charge is 2.50. The van der Waals surface area contributed by atoms with Crippen LogP contribution in [0.4, 0.5) is 13.2 Å². The van der Waals surface area contributed by atoms with Gasteiger partial charge in [-0.05, 0) is 58.2 Å². The van der Waals surface area contributed by atoms with Crippen LogP contribution in [0.5, 0.6) is 0 Å². The van der Waals surface area contributed by atoms with Crippen LogP contribution in [0.2, 0.25) is 0 Å². The van der Waals surface area contributed by atoms with Crippen molar-refractivity contribution in [3.05, 3.63) is 0 Å². The number of piperidine rings is 1. The van der Waals surface area contributed by atoms with Crippen LogP contribution in [0.1, 0.15) is 46.5 Å². The number of guanidine groups is 1. The summed E-state index contributed by atoms with van der Waals surface area (Å²) in [5, 5.41) is 6.46. The quantitative estimate of drug-likeness (QED) is 0.291. The van der Waals surface area contributed by atoms with Gasteiger partial charge in [0.1, 0.15) is 0 Å². The minimum Gasteiger partial charge on any atom is -0.357 e. The molecule has 2 N–H and O–H groups in total. The van der Waals surface area contributed by atoms with Gasteiger partial charge >= 0.3 is 15.5 Å². The second-order valence-electron chi connectivity index (χ2n) is 7.17. The first-order valence-corrected chi connectivity index (χ1v) is 11.9. The Balaban J connectivity index is 2.41. The highest BCUT2D eigenvalue weighted by molar-refractivity contribution is 7.90. The zero-order valence-corrected chi connectivity index (χ0v) is 18.6. The van der Waals surface area contributed by atoms with Crippen LogP contribution in [0.3, 0.4) is 0 Å². The number of nitrogens with one attached hydrogen (secondary N) is 2. The first kappa shape index (κ1) is 26.0. The molecule has 0 aliphatic carbocycles. The van der Waals surface area contributed by atoms with Gasteiger partial charge < -0.3 is 15.5 Å². The van der Waals surface area contributed by atoms with Crippen molar-refractivity contribution in [1.29, 1.82) is 0 Å². The summed E-state index contributed by atoms with van der Waals surface area (Å²) in [4.78, 5) is 6.91. The van der Waals surface area contributed by atoms with Crippen LogP contribution in [0.15, 0.2) is 4.99 Å². The zero-order valence-electron chi connectivity index (χ0n) is 17.8. The molecule has 0 atom stereocenters. The monoisotopic (exact) mass is 443 g/mol. The minimum atomic E-state index is -5.23. The molecule has 29 heavy (non-hydrogen) atoms. The molecule has 0 aromatic carbocycles. The Hall–Kier alpha value is -1.07. The predicted octanol–water partition coefficient (Wildman–Crippen LogP) is 2.23. The van der Waals surface area contributed by atoms with E-state index in [1.165, 1.54) is 0 Å². The fourth-order valence-electron chi connectivity index (χ4n) is 3.25. The molecule has 172 valence electrons. The second-order valence-corrected chi connectivity index (χ2v) is 9.10. The Morgan fingerprint density at radius 3 is 2.24 bits per heavy atom. The van der Waals surface area contributed by atoms with Crippen LogP contribution < -0.4 is 10.6 Å². The minimum absolute atomic E-state index is 0.0767. The van der Waals surface area contributed by atoms with E-state index in [1.807, 2.05) is 6.92 Å². The maximum atomic E-state index is 12.6. The molecule has 0 radical (unpaired) electrons. The van der Waals surface area contributed by atoms with Gasteiger partial charge in [0.2, 0.25) is 0 Å². The molecule has 0 spiro atoms. The number of halogens is 3. The molecule has 11 heteroatoms.